The number of carbonyl (C=O) groups is 1. The standard InChI is InChI=1S/C21H27N3O4S/c1-16-4-9-20(28-2)19(14-16)22-21(25)18-7-5-17(6-8-18)15-23-10-12-24(13-11-23)29(3,26)27/h4-9,14H,10-13,15H2,1-3H3,(H,22,25). The fourth-order valence-electron chi connectivity index (χ4n) is 3.35. The van der Waals surface area contributed by atoms with Gasteiger partial charge in [-0.05, 0) is 42.3 Å². The molecule has 1 fully saturated rings. The van der Waals surface area contributed by atoms with Crippen LogP contribution in [0.25, 0.3) is 0 Å². The normalized spacial score (nSPS) is 15.8. The number of benzene rings is 2. The Morgan fingerprint density at radius 2 is 1.72 bits per heavy atom. The van der Waals surface area contributed by atoms with E-state index in [9.17, 15) is 13.2 Å². The van der Waals surface area contributed by atoms with Gasteiger partial charge in [0.05, 0.1) is 19.1 Å². The number of ether oxygens (including phenoxy) is 1. The molecule has 3 rings (SSSR count). The molecule has 0 atom stereocenters. The topological polar surface area (TPSA) is 79.0 Å². The van der Waals surface area contributed by atoms with E-state index in [4.69, 9.17) is 4.74 Å². The number of sulfonamides is 1. The van der Waals surface area contributed by atoms with E-state index in [2.05, 4.69) is 10.2 Å². The van der Waals surface area contributed by atoms with Crippen molar-refractivity contribution >= 4 is 21.6 Å². The zero-order valence-electron chi connectivity index (χ0n) is 17.0. The molecule has 0 radical (unpaired) electrons. The van der Waals surface area contributed by atoms with Crippen molar-refractivity contribution in [1.29, 1.82) is 0 Å². The summed E-state index contributed by atoms with van der Waals surface area (Å²) in [4.78, 5) is 14.8. The molecular weight excluding hydrogens is 390 g/mol. The maximum absolute atomic E-state index is 12.6. The summed E-state index contributed by atoms with van der Waals surface area (Å²) in [6.07, 6.45) is 1.25. The molecule has 0 aliphatic carbocycles. The quantitative estimate of drug-likeness (QED) is 0.781. The summed E-state index contributed by atoms with van der Waals surface area (Å²) in [6, 6.07) is 13.1. The number of piperazine rings is 1. The Labute approximate surface area is 172 Å². The van der Waals surface area contributed by atoms with Crippen molar-refractivity contribution in [3.63, 3.8) is 0 Å². The smallest absolute Gasteiger partial charge is 0.255 e. The van der Waals surface area contributed by atoms with Gasteiger partial charge in [0.1, 0.15) is 5.75 Å². The zero-order chi connectivity index (χ0) is 21.0. The van der Waals surface area contributed by atoms with E-state index in [1.54, 1.807) is 19.2 Å². The molecule has 7 nitrogen and oxygen atoms in total. The number of hydrogen-bond donors (Lipinski definition) is 1. The Kier molecular flexibility index (Phi) is 6.56. The Hall–Kier alpha value is -2.42. The molecule has 1 aliphatic rings. The Balaban J connectivity index is 1.59. The van der Waals surface area contributed by atoms with Crippen LogP contribution in [0.4, 0.5) is 5.69 Å². The number of hydrogen-bond acceptors (Lipinski definition) is 5. The second kappa shape index (κ2) is 8.94. The van der Waals surface area contributed by atoms with Gasteiger partial charge < -0.3 is 10.1 Å². The second-order valence-corrected chi connectivity index (χ2v) is 9.28. The monoisotopic (exact) mass is 417 g/mol. The molecule has 1 amide bonds. The third kappa shape index (κ3) is 5.56. The van der Waals surface area contributed by atoms with Gasteiger partial charge in [0, 0.05) is 38.3 Å². The Morgan fingerprint density at radius 1 is 1.07 bits per heavy atom. The Morgan fingerprint density at radius 3 is 2.31 bits per heavy atom. The molecule has 156 valence electrons. The summed E-state index contributed by atoms with van der Waals surface area (Å²) in [5, 5.41) is 2.90. The molecule has 29 heavy (non-hydrogen) atoms. The van der Waals surface area contributed by atoms with Crippen molar-refractivity contribution in [2.75, 3.05) is 44.9 Å². The van der Waals surface area contributed by atoms with Crippen LogP contribution in [-0.4, -0.2) is 63.1 Å². The first kappa shape index (κ1) is 21.3. The molecular formula is C21H27N3O4S. The maximum atomic E-state index is 12.6. The number of anilines is 1. The van der Waals surface area contributed by atoms with Crippen LogP contribution in [0.2, 0.25) is 0 Å². The third-order valence-electron chi connectivity index (χ3n) is 5.03. The van der Waals surface area contributed by atoms with Crippen LogP contribution in [0.1, 0.15) is 21.5 Å². The van der Waals surface area contributed by atoms with Gasteiger partial charge in [-0.3, -0.25) is 9.69 Å². The van der Waals surface area contributed by atoms with E-state index >= 15 is 0 Å². The highest BCUT2D eigenvalue weighted by Gasteiger charge is 2.23. The summed E-state index contributed by atoms with van der Waals surface area (Å²) in [7, 11) is -1.54. The number of aryl methyl sites for hydroxylation is 1. The SMILES string of the molecule is COc1ccc(C)cc1NC(=O)c1ccc(CN2CCN(S(C)(=O)=O)CC2)cc1. The summed E-state index contributed by atoms with van der Waals surface area (Å²) in [6.45, 7) is 5.10. The van der Waals surface area contributed by atoms with Gasteiger partial charge in [-0.2, -0.15) is 4.31 Å². The first-order valence-electron chi connectivity index (χ1n) is 9.48. The van der Waals surface area contributed by atoms with Crippen molar-refractivity contribution in [3.8, 4) is 5.75 Å². The first-order valence-corrected chi connectivity index (χ1v) is 11.3. The van der Waals surface area contributed by atoms with Crippen molar-refractivity contribution in [2.45, 2.75) is 13.5 Å². The zero-order valence-corrected chi connectivity index (χ0v) is 17.8. The second-order valence-electron chi connectivity index (χ2n) is 7.29. The Bertz CT molecular complexity index is 966. The van der Waals surface area contributed by atoms with Crippen LogP contribution < -0.4 is 10.1 Å². The lowest BCUT2D eigenvalue weighted by molar-refractivity contribution is 0.102. The number of carbonyl (C=O) groups excluding carboxylic acids is 1. The minimum atomic E-state index is -3.12. The number of rotatable bonds is 6. The van der Waals surface area contributed by atoms with Gasteiger partial charge in [-0.25, -0.2) is 8.42 Å². The minimum absolute atomic E-state index is 0.192. The number of nitrogens with one attached hydrogen (secondary N) is 1. The van der Waals surface area contributed by atoms with E-state index < -0.39 is 10.0 Å². The molecule has 1 aliphatic heterocycles. The lowest BCUT2D eigenvalue weighted by atomic mass is 10.1. The van der Waals surface area contributed by atoms with E-state index in [0.717, 1.165) is 17.7 Å². The van der Waals surface area contributed by atoms with Gasteiger partial charge in [0.25, 0.3) is 5.91 Å². The van der Waals surface area contributed by atoms with Crippen molar-refractivity contribution in [2.24, 2.45) is 0 Å². The van der Waals surface area contributed by atoms with E-state index in [1.807, 2.05) is 37.3 Å². The molecule has 8 heteroatoms. The highest BCUT2D eigenvalue weighted by Crippen LogP contribution is 2.25. The van der Waals surface area contributed by atoms with Crippen molar-refractivity contribution < 1.29 is 17.9 Å². The highest BCUT2D eigenvalue weighted by molar-refractivity contribution is 7.88. The van der Waals surface area contributed by atoms with Crippen LogP contribution in [0.3, 0.4) is 0 Å². The predicted molar refractivity (Wildman–Crippen MR) is 114 cm³/mol. The van der Waals surface area contributed by atoms with Crippen molar-refractivity contribution in [3.05, 3.63) is 59.2 Å². The molecule has 0 spiro atoms. The fraction of sp³-hybridized carbons (Fsp3) is 0.381. The number of amides is 1. The lowest BCUT2D eigenvalue weighted by Gasteiger charge is -2.33. The molecule has 2 aromatic carbocycles. The molecule has 0 unspecified atom stereocenters. The molecule has 1 saturated heterocycles. The lowest BCUT2D eigenvalue weighted by Crippen LogP contribution is -2.47. The summed E-state index contributed by atoms with van der Waals surface area (Å²) in [5.74, 6) is 0.427. The average Bonchev–Trinajstić information content (AvgIpc) is 2.68. The fourth-order valence-corrected chi connectivity index (χ4v) is 4.18. The van der Waals surface area contributed by atoms with E-state index in [1.165, 1.54) is 10.6 Å². The van der Waals surface area contributed by atoms with Crippen LogP contribution in [0.5, 0.6) is 5.75 Å². The van der Waals surface area contributed by atoms with Crippen molar-refractivity contribution in [1.82, 2.24) is 9.21 Å². The van der Waals surface area contributed by atoms with Crippen LogP contribution in [-0.2, 0) is 16.6 Å². The molecule has 0 aromatic heterocycles. The van der Waals surface area contributed by atoms with Gasteiger partial charge in [-0.15, -0.1) is 0 Å². The molecule has 0 bridgehead atoms. The molecule has 0 saturated carbocycles. The van der Waals surface area contributed by atoms with Crippen LogP contribution in [0.15, 0.2) is 42.5 Å². The van der Waals surface area contributed by atoms with E-state index in [-0.39, 0.29) is 5.91 Å². The maximum Gasteiger partial charge on any atom is 0.255 e. The summed E-state index contributed by atoms with van der Waals surface area (Å²) < 4.78 is 30.0. The summed E-state index contributed by atoms with van der Waals surface area (Å²) in [5.41, 5.74) is 3.33. The predicted octanol–water partition coefficient (Wildman–Crippen LogP) is 2.33. The van der Waals surface area contributed by atoms with Crippen LogP contribution >= 0.6 is 0 Å². The molecule has 1 N–H and O–H groups in total. The minimum Gasteiger partial charge on any atom is -0.495 e. The highest BCUT2D eigenvalue weighted by atomic mass is 32.2. The van der Waals surface area contributed by atoms with Gasteiger partial charge >= 0.3 is 0 Å². The first-order chi connectivity index (χ1) is 13.8. The summed E-state index contributed by atoms with van der Waals surface area (Å²) >= 11 is 0. The van der Waals surface area contributed by atoms with Crippen LogP contribution in [0, 0.1) is 6.92 Å². The van der Waals surface area contributed by atoms with Gasteiger partial charge in [0.2, 0.25) is 10.0 Å². The number of methoxy groups -OCH3 is 1. The van der Waals surface area contributed by atoms with Gasteiger partial charge in [-0.1, -0.05) is 18.2 Å². The number of nitrogens with zero attached hydrogens (tertiary/aromatic N) is 2. The van der Waals surface area contributed by atoms with Gasteiger partial charge in [0.15, 0.2) is 0 Å². The molecule has 2 aromatic rings. The molecule has 1 heterocycles. The largest absolute Gasteiger partial charge is 0.495 e. The van der Waals surface area contributed by atoms with E-state index in [0.29, 0.717) is 43.2 Å². The average molecular weight is 418 g/mol. The third-order valence-corrected chi connectivity index (χ3v) is 6.33.